The summed E-state index contributed by atoms with van der Waals surface area (Å²) in [6.07, 6.45) is -4.59. The van der Waals surface area contributed by atoms with Gasteiger partial charge in [-0.2, -0.15) is 13.2 Å². The molecule has 0 bridgehead atoms. The van der Waals surface area contributed by atoms with E-state index in [9.17, 15) is 18.0 Å². The molecule has 100 valence electrons. The summed E-state index contributed by atoms with van der Waals surface area (Å²) in [5.41, 5.74) is 3.96. The number of rotatable bonds is 3. The van der Waals surface area contributed by atoms with Crippen LogP contribution in [-0.4, -0.2) is 19.1 Å². The fraction of sp³-hybridized carbons (Fsp3) is 0.364. The van der Waals surface area contributed by atoms with Crippen LogP contribution in [0.4, 0.5) is 18.9 Å². The number of hydrogen-bond acceptors (Lipinski definition) is 3. The van der Waals surface area contributed by atoms with Crippen molar-refractivity contribution >= 4 is 11.6 Å². The smallest absolute Gasteiger partial charge is 0.418 e. The predicted octanol–water partition coefficient (Wildman–Crippen LogP) is 2.00. The van der Waals surface area contributed by atoms with Gasteiger partial charge in [0.15, 0.2) is 0 Å². The Hall–Kier alpha value is -1.76. The van der Waals surface area contributed by atoms with E-state index in [2.05, 4.69) is 5.32 Å². The second-order valence-corrected chi connectivity index (χ2v) is 3.69. The molecule has 0 aliphatic rings. The number of alkyl halides is 3. The minimum absolute atomic E-state index is 0.0566. The summed E-state index contributed by atoms with van der Waals surface area (Å²) in [6, 6.07) is 2.37. The van der Waals surface area contributed by atoms with Crippen LogP contribution in [0.3, 0.4) is 0 Å². The van der Waals surface area contributed by atoms with Crippen LogP contribution in [0.25, 0.3) is 0 Å². The van der Waals surface area contributed by atoms with Crippen molar-refractivity contribution in [1.29, 1.82) is 0 Å². The van der Waals surface area contributed by atoms with Crippen molar-refractivity contribution in [2.24, 2.45) is 5.73 Å². The second-order valence-electron chi connectivity index (χ2n) is 3.69. The number of nitrogens with two attached hydrogens (primary N) is 1. The van der Waals surface area contributed by atoms with Crippen molar-refractivity contribution < 1.29 is 22.7 Å². The van der Waals surface area contributed by atoms with Gasteiger partial charge in [-0.1, -0.05) is 0 Å². The van der Waals surface area contributed by atoms with E-state index < -0.39 is 23.7 Å². The number of carbonyl (C=O) groups excluding carboxylic acids is 1. The van der Waals surface area contributed by atoms with Gasteiger partial charge in [0.2, 0.25) is 5.91 Å². The van der Waals surface area contributed by atoms with E-state index in [1.807, 2.05) is 0 Å². The highest BCUT2D eigenvalue weighted by Crippen LogP contribution is 2.37. The third-order valence-corrected chi connectivity index (χ3v) is 2.20. The van der Waals surface area contributed by atoms with E-state index in [1.165, 1.54) is 20.1 Å². The highest BCUT2D eigenvalue weighted by molar-refractivity contribution is 5.95. The first-order chi connectivity index (χ1) is 8.25. The van der Waals surface area contributed by atoms with Gasteiger partial charge in [-0.3, -0.25) is 4.79 Å². The minimum atomic E-state index is -4.59. The zero-order valence-electron chi connectivity index (χ0n) is 9.84. The Bertz CT molecular complexity index is 444. The summed E-state index contributed by atoms with van der Waals surface area (Å²) in [5, 5.41) is 2.13. The topological polar surface area (TPSA) is 64.3 Å². The molecule has 1 aromatic rings. The quantitative estimate of drug-likeness (QED) is 0.875. The SMILES string of the molecule is COc1ccc(NC(=O)[C@@H](C)N)c(C(F)(F)F)c1. The fourth-order valence-electron chi connectivity index (χ4n) is 1.24. The van der Waals surface area contributed by atoms with Crippen molar-refractivity contribution in [3.05, 3.63) is 23.8 Å². The van der Waals surface area contributed by atoms with Gasteiger partial charge in [-0.15, -0.1) is 0 Å². The summed E-state index contributed by atoms with van der Waals surface area (Å²) in [5.74, 6) is -0.633. The van der Waals surface area contributed by atoms with Crippen LogP contribution in [0.1, 0.15) is 12.5 Å². The molecular formula is C11H13F3N2O2. The van der Waals surface area contributed by atoms with Gasteiger partial charge in [0.05, 0.1) is 24.4 Å². The molecule has 18 heavy (non-hydrogen) atoms. The van der Waals surface area contributed by atoms with Crippen LogP contribution in [0.2, 0.25) is 0 Å². The maximum atomic E-state index is 12.8. The molecule has 1 atom stereocenters. The lowest BCUT2D eigenvalue weighted by atomic mass is 10.1. The Labute approximate surface area is 102 Å². The number of anilines is 1. The summed E-state index contributed by atoms with van der Waals surface area (Å²) >= 11 is 0. The average Bonchev–Trinajstić information content (AvgIpc) is 2.27. The van der Waals surface area contributed by atoms with Crippen molar-refractivity contribution in [3.63, 3.8) is 0 Å². The molecule has 7 heteroatoms. The molecule has 0 heterocycles. The van der Waals surface area contributed by atoms with Crippen molar-refractivity contribution in [3.8, 4) is 5.75 Å². The van der Waals surface area contributed by atoms with Crippen molar-refractivity contribution in [2.45, 2.75) is 19.1 Å². The molecule has 0 saturated carbocycles. The minimum Gasteiger partial charge on any atom is -0.497 e. The van der Waals surface area contributed by atoms with Gasteiger partial charge in [-0.25, -0.2) is 0 Å². The highest BCUT2D eigenvalue weighted by atomic mass is 19.4. The Balaban J connectivity index is 3.15. The summed E-state index contributed by atoms with van der Waals surface area (Å²) in [4.78, 5) is 11.3. The van der Waals surface area contributed by atoms with Gasteiger partial charge in [0, 0.05) is 0 Å². The predicted molar refractivity (Wildman–Crippen MR) is 60.3 cm³/mol. The number of carbonyl (C=O) groups is 1. The third-order valence-electron chi connectivity index (χ3n) is 2.20. The van der Waals surface area contributed by atoms with Gasteiger partial charge in [0.25, 0.3) is 0 Å². The molecule has 1 aromatic carbocycles. The number of hydrogen-bond donors (Lipinski definition) is 2. The molecule has 4 nitrogen and oxygen atoms in total. The molecule has 3 N–H and O–H groups in total. The van der Waals surface area contributed by atoms with Crippen LogP contribution >= 0.6 is 0 Å². The number of methoxy groups -OCH3 is 1. The molecule has 1 rings (SSSR count). The molecule has 0 aliphatic carbocycles. The van der Waals surface area contributed by atoms with Gasteiger partial charge in [-0.05, 0) is 25.1 Å². The van der Waals surface area contributed by atoms with E-state index in [-0.39, 0.29) is 11.4 Å². The van der Waals surface area contributed by atoms with E-state index in [0.29, 0.717) is 0 Å². The molecule has 0 aromatic heterocycles. The first kappa shape index (κ1) is 14.3. The Morgan fingerprint density at radius 3 is 2.50 bits per heavy atom. The molecule has 0 spiro atoms. The van der Waals surface area contributed by atoms with Crippen molar-refractivity contribution in [1.82, 2.24) is 0 Å². The molecule has 0 radical (unpaired) electrons. The van der Waals surface area contributed by atoms with Gasteiger partial charge >= 0.3 is 6.18 Å². The number of amides is 1. The number of benzene rings is 1. The van der Waals surface area contributed by atoms with Gasteiger partial charge < -0.3 is 15.8 Å². The molecular weight excluding hydrogens is 249 g/mol. The Morgan fingerprint density at radius 2 is 2.06 bits per heavy atom. The van der Waals surface area contributed by atoms with Crippen LogP contribution < -0.4 is 15.8 Å². The highest BCUT2D eigenvalue weighted by Gasteiger charge is 2.34. The lowest BCUT2D eigenvalue weighted by molar-refractivity contribution is -0.137. The largest absolute Gasteiger partial charge is 0.497 e. The zero-order chi connectivity index (χ0) is 13.9. The van der Waals surface area contributed by atoms with E-state index in [4.69, 9.17) is 10.5 Å². The average molecular weight is 262 g/mol. The standard InChI is InChI=1S/C11H13F3N2O2/c1-6(15)10(17)16-9-4-3-7(18-2)5-8(9)11(12,13)14/h3-6H,15H2,1-2H3,(H,16,17)/t6-/m1/s1. The van der Waals surface area contributed by atoms with Crippen LogP contribution in [-0.2, 0) is 11.0 Å². The van der Waals surface area contributed by atoms with Crippen LogP contribution in [0.15, 0.2) is 18.2 Å². The van der Waals surface area contributed by atoms with E-state index in [1.54, 1.807) is 0 Å². The van der Waals surface area contributed by atoms with E-state index in [0.717, 1.165) is 12.1 Å². The maximum absolute atomic E-state index is 12.8. The normalized spacial score (nSPS) is 13.0. The van der Waals surface area contributed by atoms with E-state index >= 15 is 0 Å². The van der Waals surface area contributed by atoms with Crippen molar-refractivity contribution in [2.75, 3.05) is 12.4 Å². The molecule has 1 amide bonds. The summed E-state index contributed by atoms with van der Waals surface area (Å²) < 4.78 is 43.1. The lowest BCUT2D eigenvalue weighted by Gasteiger charge is -2.15. The first-order valence-electron chi connectivity index (χ1n) is 5.07. The number of halogens is 3. The lowest BCUT2D eigenvalue weighted by Crippen LogP contribution is -2.33. The fourth-order valence-corrected chi connectivity index (χ4v) is 1.24. The van der Waals surface area contributed by atoms with Crippen LogP contribution in [0, 0.1) is 0 Å². The maximum Gasteiger partial charge on any atom is 0.418 e. The summed E-state index contributed by atoms with van der Waals surface area (Å²) in [7, 11) is 1.26. The first-order valence-corrected chi connectivity index (χ1v) is 5.07. The Morgan fingerprint density at radius 1 is 1.44 bits per heavy atom. The third kappa shape index (κ3) is 3.36. The Kier molecular flexibility index (Phi) is 4.18. The number of ether oxygens (including phenoxy) is 1. The molecule has 0 saturated heterocycles. The number of nitrogens with one attached hydrogen (secondary N) is 1. The zero-order valence-corrected chi connectivity index (χ0v) is 9.84. The second kappa shape index (κ2) is 5.26. The summed E-state index contributed by atoms with van der Waals surface area (Å²) in [6.45, 7) is 1.38. The molecule has 0 fully saturated rings. The monoisotopic (exact) mass is 262 g/mol. The molecule has 0 aliphatic heterocycles. The molecule has 0 unspecified atom stereocenters. The van der Waals surface area contributed by atoms with Crippen LogP contribution in [0.5, 0.6) is 5.75 Å². The van der Waals surface area contributed by atoms with Gasteiger partial charge in [0.1, 0.15) is 5.75 Å².